The molecule has 4 rings (SSSR count). The van der Waals surface area contributed by atoms with Crippen molar-refractivity contribution in [2.24, 2.45) is 0 Å². The van der Waals surface area contributed by atoms with Crippen molar-refractivity contribution in [2.45, 2.75) is 31.1 Å². The molecule has 1 nitrogen and oxygen atoms in total. The molecule has 0 bridgehead atoms. The van der Waals surface area contributed by atoms with Gasteiger partial charge in [0.05, 0.1) is 0 Å². The Morgan fingerprint density at radius 1 is 0.895 bits per heavy atom. The fraction of sp³-hybridized carbons (Fsp3) is 0.333. The van der Waals surface area contributed by atoms with Crippen LogP contribution in [0, 0.1) is 0 Å². The van der Waals surface area contributed by atoms with Gasteiger partial charge in [-0.05, 0) is 47.8 Å². The highest BCUT2D eigenvalue weighted by atomic mass is 14.9. The van der Waals surface area contributed by atoms with Crippen LogP contribution in [0.1, 0.15) is 41.4 Å². The molecule has 1 N–H and O–H groups in total. The molecule has 1 aliphatic heterocycles. The minimum absolute atomic E-state index is 0.725. The molecular formula is C18H19N. The zero-order chi connectivity index (χ0) is 12.7. The minimum Gasteiger partial charge on any atom is -0.385 e. The fourth-order valence-corrected chi connectivity index (χ4v) is 3.45. The normalized spacial score (nSPS) is 24.4. The van der Waals surface area contributed by atoms with Crippen molar-refractivity contribution in [3.63, 3.8) is 0 Å². The Morgan fingerprint density at radius 3 is 2.68 bits per heavy atom. The number of hydrogen-bond donors (Lipinski definition) is 1. The lowest BCUT2D eigenvalue weighted by atomic mass is 9.95. The molecule has 0 aromatic heterocycles. The van der Waals surface area contributed by atoms with Gasteiger partial charge in [-0.25, -0.2) is 0 Å². The van der Waals surface area contributed by atoms with Gasteiger partial charge in [0.15, 0.2) is 0 Å². The van der Waals surface area contributed by atoms with Gasteiger partial charge in [0, 0.05) is 12.2 Å². The van der Waals surface area contributed by atoms with E-state index in [1.165, 1.54) is 36.1 Å². The van der Waals surface area contributed by atoms with Crippen LogP contribution in [0.25, 0.3) is 0 Å². The number of para-hydroxylation sites is 1. The first-order valence-electron chi connectivity index (χ1n) is 7.34. The summed E-state index contributed by atoms with van der Waals surface area (Å²) in [4.78, 5) is 0. The Bertz CT molecular complexity index is 588. The smallest absolute Gasteiger partial charge is 0.0408 e. The molecule has 2 unspecified atom stereocenters. The Balaban J connectivity index is 1.65. The fourth-order valence-electron chi connectivity index (χ4n) is 3.45. The van der Waals surface area contributed by atoms with Crippen LogP contribution in [-0.4, -0.2) is 6.54 Å². The third-order valence-electron chi connectivity index (χ3n) is 4.53. The van der Waals surface area contributed by atoms with Crippen LogP contribution in [0.4, 0.5) is 5.69 Å². The zero-order valence-corrected chi connectivity index (χ0v) is 11.1. The molecule has 1 heterocycles. The summed E-state index contributed by atoms with van der Waals surface area (Å²) < 4.78 is 0. The molecule has 2 aliphatic rings. The van der Waals surface area contributed by atoms with Crippen LogP contribution in [0.2, 0.25) is 0 Å². The first-order chi connectivity index (χ1) is 9.43. The topological polar surface area (TPSA) is 12.0 Å². The molecule has 2 aromatic rings. The van der Waals surface area contributed by atoms with Gasteiger partial charge in [-0.1, -0.05) is 48.5 Å². The van der Waals surface area contributed by atoms with E-state index in [4.69, 9.17) is 0 Å². The lowest BCUT2D eigenvalue weighted by Gasteiger charge is -2.21. The summed E-state index contributed by atoms with van der Waals surface area (Å²) in [5.74, 6) is 1.46. The summed E-state index contributed by atoms with van der Waals surface area (Å²) in [5.41, 5.74) is 6.01. The Labute approximate surface area is 114 Å². The number of rotatable bonds is 2. The predicted molar refractivity (Wildman–Crippen MR) is 79.8 cm³/mol. The molecule has 0 amide bonds. The average Bonchev–Trinajstić information content (AvgIpc) is 3.28. The summed E-state index contributed by atoms with van der Waals surface area (Å²) in [7, 11) is 0. The van der Waals surface area contributed by atoms with Crippen LogP contribution in [0.5, 0.6) is 0 Å². The van der Waals surface area contributed by atoms with Gasteiger partial charge in [-0.2, -0.15) is 0 Å². The van der Waals surface area contributed by atoms with Crippen LogP contribution in [0.15, 0.2) is 48.5 Å². The van der Waals surface area contributed by atoms with E-state index in [1.807, 2.05) is 0 Å². The molecule has 2 atom stereocenters. The van der Waals surface area contributed by atoms with Gasteiger partial charge in [0.2, 0.25) is 0 Å². The summed E-state index contributed by atoms with van der Waals surface area (Å²) in [6.07, 6.45) is 3.81. The maximum Gasteiger partial charge on any atom is 0.0408 e. The lowest BCUT2D eigenvalue weighted by molar-refractivity contribution is 0.822. The zero-order valence-electron chi connectivity index (χ0n) is 11.1. The molecule has 0 radical (unpaired) electrons. The lowest BCUT2D eigenvalue weighted by Crippen LogP contribution is -2.13. The van der Waals surface area contributed by atoms with Crippen molar-refractivity contribution in [3.05, 3.63) is 65.2 Å². The number of benzene rings is 2. The first-order valence-corrected chi connectivity index (χ1v) is 7.34. The summed E-state index contributed by atoms with van der Waals surface area (Å²) in [6.45, 7) is 1.13. The molecule has 1 fully saturated rings. The quantitative estimate of drug-likeness (QED) is 0.836. The number of fused-ring (bicyclic) bond motifs is 1. The highest BCUT2D eigenvalue weighted by Crippen LogP contribution is 2.56. The highest BCUT2D eigenvalue weighted by molar-refractivity contribution is 5.62. The largest absolute Gasteiger partial charge is 0.385 e. The maximum atomic E-state index is 3.62. The standard InChI is InChI=1S/C18H19N/c1-2-6-13(7-3-1)16-12-17(16)15-10-4-8-14-9-5-11-19-18(14)15/h1-4,6-8,10,16-17,19H,5,9,11-12H2. The molecule has 96 valence electrons. The van der Waals surface area contributed by atoms with Crippen molar-refractivity contribution in [3.8, 4) is 0 Å². The van der Waals surface area contributed by atoms with Gasteiger partial charge in [-0.3, -0.25) is 0 Å². The van der Waals surface area contributed by atoms with Crippen molar-refractivity contribution >= 4 is 5.69 Å². The average molecular weight is 249 g/mol. The number of nitrogens with one attached hydrogen (secondary N) is 1. The summed E-state index contributed by atoms with van der Waals surface area (Å²) >= 11 is 0. The van der Waals surface area contributed by atoms with Crippen molar-refractivity contribution in [1.82, 2.24) is 0 Å². The van der Waals surface area contributed by atoms with E-state index in [9.17, 15) is 0 Å². The van der Waals surface area contributed by atoms with Crippen molar-refractivity contribution in [1.29, 1.82) is 0 Å². The van der Waals surface area contributed by atoms with E-state index < -0.39 is 0 Å². The van der Waals surface area contributed by atoms with E-state index in [-0.39, 0.29) is 0 Å². The SMILES string of the molecule is c1ccc(C2CC2c2cccc3c2NCCC3)cc1. The molecule has 1 saturated carbocycles. The van der Waals surface area contributed by atoms with Crippen LogP contribution in [-0.2, 0) is 6.42 Å². The van der Waals surface area contributed by atoms with E-state index in [0.717, 1.165) is 18.4 Å². The Morgan fingerprint density at radius 2 is 1.79 bits per heavy atom. The first kappa shape index (κ1) is 11.1. The van der Waals surface area contributed by atoms with Crippen LogP contribution < -0.4 is 5.32 Å². The second-order valence-electron chi connectivity index (χ2n) is 5.77. The van der Waals surface area contributed by atoms with Gasteiger partial charge >= 0.3 is 0 Å². The second-order valence-corrected chi connectivity index (χ2v) is 5.77. The highest BCUT2D eigenvalue weighted by Gasteiger charge is 2.40. The Kier molecular flexibility index (Phi) is 2.58. The van der Waals surface area contributed by atoms with Crippen molar-refractivity contribution < 1.29 is 0 Å². The van der Waals surface area contributed by atoms with E-state index in [2.05, 4.69) is 53.8 Å². The molecule has 19 heavy (non-hydrogen) atoms. The molecule has 1 aliphatic carbocycles. The van der Waals surface area contributed by atoms with Crippen LogP contribution in [0.3, 0.4) is 0 Å². The molecular weight excluding hydrogens is 230 g/mol. The Hall–Kier alpha value is -1.76. The predicted octanol–water partition coefficient (Wildman–Crippen LogP) is 4.32. The molecule has 0 saturated heterocycles. The molecule has 2 aromatic carbocycles. The monoisotopic (exact) mass is 249 g/mol. The third-order valence-corrected chi connectivity index (χ3v) is 4.53. The maximum absolute atomic E-state index is 3.62. The summed E-state index contributed by atoms with van der Waals surface area (Å²) in [6, 6.07) is 17.8. The van der Waals surface area contributed by atoms with Gasteiger partial charge in [-0.15, -0.1) is 0 Å². The number of anilines is 1. The van der Waals surface area contributed by atoms with Crippen LogP contribution >= 0.6 is 0 Å². The van der Waals surface area contributed by atoms with Gasteiger partial charge < -0.3 is 5.32 Å². The van der Waals surface area contributed by atoms with E-state index in [0.29, 0.717) is 0 Å². The minimum atomic E-state index is 0.725. The third kappa shape index (κ3) is 1.94. The molecule has 0 spiro atoms. The van der Waals surface area contributed by atoms with Gasteiger partial charge in [0.25, 0.3) is 0 Å². The number of hydrogen-bond acceptors (Lipinski definition) is 1. The second kappa shape index (κ2) is 4.41. The van der Waals surface area contributed by atoms with Crippen molar-refractivity contribution in [2.75, 3.05) is 11.9 Å². The molecule has 1 heteroatoms. The van der Waals surface area contributed by atoms with E-state index in [1.54, 1.807) is 5.56 Å². The number of aryl methyl sites for hydroxylation is 1. The summed E-state index contributed by atoms with van der Waals surface area (Å²) in [5, 5.41) is 3.62. The van der Waals surface area contributed by atoms with Gasteiger partial charge in [0.1, 0.15) is 0 Å². The van der Waals surface area contributed by atoms with E-state index >= 15 is 0 Å².